The van der Waals surface area contributed by atoms with Gasteiger partial charge in [0, 0.05) is 94.4 Å². The van der Waals surface area contributed by atoms with Crippen LogP contribution in [0.3, 0.4) is 0 Å². The first-order chi connectivity index (χ1) is 60.8. The summed E-state index contributed by atoms with van der Waals surface area (Å²) in [5.41, 5.74) is 15.3. The number of hydrogen-bond donors (Lipinski definition) is 8. The molecule has 4 aromatic heterocycles. The molecule has 16 atom stereocenters. The number of nitrogens with one attached hydrogen (secondary N) is 4. The smallest absolute Gasteiger partial charge is 0.238 e. The number of hydrogen-bond acceptors (Lipinski definition) is 20. The van der Waals surface area contributed by atoms with E-state index in [0.717, 1.165) is 65.2 Å². The molecule has 16 unspecified atom stereocenters. The third-order valence-electron chi connectivity index (χ3n) is 25.6. The number of epoxide rings is 4. The molecule has 8 N–H and O–H groups in total. The molecule has 4 aliphatic rings. The Morgan fingerprint density at radius 2 is 0.631 bits per heavy atom. The summed E-state index contributed by atoms with van der Waals surface area (Å²) in [6, 6.07) is 0. The fourth-order valence-corrected chi connectivity index (χ4v) is 17.1. The van der Waals surface area contributed by atoms with Gasteiger partial charge in [0.05, 0.1) is 106 Å². The summed E-state index contributed by atoms with van der Waals surface area (Å²) in [6.07, 6.45) is 33.5. The van der Waals surface area contributed by atoms with Gasteiger partial charge in [-0.25, -0.2) is 0 Å². The molecule has 24 nitrogen and oxygen atoms in total. The third-order valence-corrected chi connectivity index (χ3v) is 25.6. The van der Waals surface area contributed by atoms with E-state index in [4.69, 9.17) is 56.8 Å². The summed E-state index contributed by atoms with van der Waals surface area (Å²) < 4.78 is 64.5. The zero-order chi connectivity index (χ0) is 98.3. The Morgan fingerprint density at radius 1 is 0.369 bits per heavy atom. The Morgan fingerprint density at radius 3 is 0.892 bits per heavy atom. The minimum Gasteiger partial charge on any atom is -0.488 e. The van der Waals surface area contributed by atoms with E-state index in [1.165, 1.54) is 95.9 Å². The van der Waals surface area contributed by atoms with Gasteiger partial charge in [-0.2, -0.15) is 0 Å². The summed E-state index contributed by atoms with van der Waals surface area (Å²) in [5.74, 6) is 3.01. The highest BCUT2D eigenvalue weighted by Crippen LogP contribution is 2.48. The van der Waals surface area contributed by atoms with Crippen molar-refractivity contribution in [1.82, 2.24) is 19.9 Å². The highest BCUT2D eigenvalue weighted by molar-refractivity contribution is 5.44. The number of H-pyrrole nitrogens is 4. The van der Waals surface area contributed by atoms with Crippen molar-refractivity contribution in [2.45, 2.75) is 316 Å². The Kier molecular flexibility index (Phi) is 42.4. The topological polar surface area (TPSA) is 336 Å². The molecule has 0 aliphatic carbocycles. The minimum absolute atomic E-state index is 0.000657. The number of rotatable bonds is 42. The molecule has 724 valence electrons. The summed E-state index contributed by atoms with van der Waals surface area (Å²) in [7, 11) is 11.9. The second kappa shape index (κ2) is 49.5. The molecule has 8 rings (SSSR count). The molecule has 24 heteroatoms. The lowest BCUT2D eigenvalue weighted by Crippen LogP contribution is -2.35. The number of pyridine rings is 4. The van der Waals surface area contributed by atoms with Crippen molar-refractivity contribution >= 4 is 0 Å². The molecule has 8 heterocycles. The molecule has 0 bridgehead atoms. The van der Waals surface area contributed by atoms with E-state index in [0.29, 0.717) is 83.3 Å². The van der Waals surface area contributed by atoms with Gasteiger partial charge in [-0.05, 0) is 176 Å². The van der Waals surface area contributed by atoms with Gasteiger partial charge in [-0.3, -0.25) is 19.2 Å². The average Bonchev–Trinajstić information content (AvgIpc) is 1.63. The maximum absolute atomic E-state index is 12.5. The molecule has 4 aromatic rings. The number of aliphatic hydroxyl groups excluding tert-OH is 4. The van der Waals surface area contributed by atoms with Crippen molar-refractivity contribution in [3.63, 3.8) is 0 Å². The van der Waals surface area contributed by atoms with Crippen LogP contribution in [0.4, 0.5) is 0 Å². The summed E-state index contributed by atoms with van der Waals surface area (Å²) in [5, 5.41) is 42.6. The first-order valence-electron chi connectivity index (χ1n) is 45.6. The fourth-order valence-electron chi connectivity index (χ4n) is 17.1. The number of aliphatic hydroxyl groups is 4. The average molecular weight is 1810 g/mol. The van der Waals surface area contributed by atoms with E-state index < -0.39 is 46.8 Å². The van der Waals surface area contributed by atoms with E-state index in [2.05, 4.69) is 183 Å². The van der Waals surface area contributed by atoms with Gasteiger partial charge < -0.3 is 97.2 Å². The molecule has 0 amide bonds. The molecular weight excluding hydrogens is 1650 g/mol. The minimum atomic E-state index is -0.530. The van der Waals surface area contributed by atoms with Gasteiger partial charge in [0.15, 0.2) is 0 Å². The van der Waals surface area contributed by atoms with Crippen molar-refractivity contribution in [2.24, 2.45) is 35.5 Å². The lowest BCUT2D eigenvalue weighted by molar-refractivity contribution is 0.0563. The fraction of sp³-hybridized carbons (Fsp3) is 0.585. The summed E-state index contributed by atoms with van der Waals surface area (Å²) in [6.45, 7) is 56.5. The van der Waals surface area contributed by atoms with Crippen LogP contribution >= 0.6 is 0 Å². The van der Waals surface area contributed by atoms with E-state index in [-0.39, 0.29) is 92.8 Å². The lowest BCUT2D eigenvalue weighted by atomic mass is 9.86. The van der Waals surface area contributed by atoms with E-state index >= 15 is 0 Å². The van der Waals surface area contributed by atoms with Crippen LogP contribution in [0.15, 0.2) is 160 Å². The van der Waals surface area contributed by atoms with Crippen molar-refractivity contribution in [2.75, 3.05) is 56.9 Å². The first kappa shape index (κ1) is 111. The van der Waals surface area contributed by atoms with E-state index in [1.807, 2.05) is 88.3 Å². The number of aromatic amines is 4. The van der Waals surface area contributed by atoms with Gasteiger partial charge in [0.1, 0.15) is 22.4 Å². The zero-order valence-electron chi connectivity index (χ0n) is 85.1. The van der Waals surface area contributed by atoms with Gasteiger partial charge in [0.25, 0.3) is 0 Å². The SMILES string of the molecule is COc1[nH]c(C/C=C(\C)C/C(C)=C/C(C)=C/C(C)C(O)C2(C)OC2C(C)C)c(C)c(=O)c1OC.COc1[nH]c(C/C=C(\C)C/C(C)=C/C(C)=C/C(C)C(O)C2(C)OC2C)c(C)c(=O)c1OC.COc1[nH]c(C/C=C(\C)C/C(C)=C/C=C/C(C)C(O)C2(C)OC2C(C)C)c(C)c(=O)c1OC.COc1[nH]c(C/C=C(\C)C/C=C/C(C)=C/C(C)C(O)C2(C)OC2C)c(C)c(=O)c1OC. The van der Waals surface area contributed by atoms with Crippen LogP contribution < -0.4 is 59.6 Å². The lowest BCUT2D eigenvalue weighted by Gasteiger charge is -2.21. The van der Waals surface area contributed by atoms with Crippen molar-refractivity contribution < 1.29 is 77.3 Å². The van der Waals surface area contributed by atoms with Crippen LogP contribution in [0.2, 0.25) is 0 Å². The molecule has 4 fully saturated rings. The van der Waals surface area contributed by atoms with Crippen LogP contribution in [0, 0.1) is 63.2 Å². The van der Waals surface area contributed by atoms with Crippen LogP contribution in [0.1, 0.15) is 237 Å². The van der Waals surface area contributed by atoms with Gasteiger partial charge in [-0.15, -0.1) is 0 Å². The molecule has 0 radical (unpaired) electrons. The maximum Gasteiger partial charge on any atom is 0.238 e. The van der Waals surface area contributed by atoms with Crippen LogP contribution in [0.5, 0.6) is 46.5 Å². The second-order valence-corrected chi connectivity index (χ2v) is 37.8. The molecule has 0 saturated carbocycles. The summed E-state index contributed by atoms with van der Waals surface area (Å²) in [4.78, 5) is 62.5. The van der Waals surface area contributed by atoms with Crippen LogP contribution in [-0.2, 0) is 44.6 Å². The number of allylic oxidation sites excluding steroid dienone is 20. The van der Waals surface area contributed by atoms with Crippen molar-refractivity contribution in [1.29, 1.82) is 0 Å². The Hall–Kier alpha value is -9.24. The monoisotopic (exact) mass is 1810 g/mol. The van der Waals surface area contributed by atoms with Crippen LogP contribution in [-0.4, -0.2) is 168 Å². The second-order valence-electron chi connectivity index (χ2n) is 37.8. The Balaban J connectivity index is 0.000000307. The van der Waals surface area contributed by atoms with E-state index in [1.54, 1.807) is 27.7 Å². The molecular formula is C106H160N4O20. The van der Waals surface area contributed by atoms with E-state index in [9.17, 15) is 39.6 Å². The quantitative estimate of drug-likeness (QED) is 0.0116. The normalized spacial score (nSPS) is 23.4. The van der Waals surface area contributed by atoms with Crippen molar-refractivity contribution in [3.8, 4) is 46.5 Å². The third kappa shape index (κ3) is 29.9. The number of aromatic nitrogens is 4. The zero-order valence-corrected chi connectivity index (χ0v) is 85.1. The van der Waals surface area contributed by atoms with Gasteiger partial charge in [0.2, 0.25) is 68.2 Å². The highest BCUT2D eigenvalue weighted by Gasteiger charge is 2.61. The maximum atomic E-state index is 12.5. The first-order valence-corrected chi connectivity index (χ1v) is 45.6. The predicted octanol–water partition coefficient (Wildman–Crippen LogP) is 19.1. The summed E-state index contributed by atoms with van der Waals surface area (Å²) >= 11 is 0. The van der Waals surface area contributed by atoms with Gasteiger partial charge >= 0.3 is 0 Å². The van der Waals surface area contributed by atoms with Crippen molar-refractivity contribution in [3.05, 3.63) is 227 Å². The number of methoxy groups -OCH3 is 8. The predicted molar refractivity (Wildman–Crippen MR) is 524 cm³/mol. The standard InChI is InChI=1S/C28H43NO5.C27H41NO5.C26H39NO5.C25H37NO5/c1-16(2)26-28(8,34-26)25(31)20(6)15-19(5)14-18(4)13-17(3)11-12-22-21(7)23(30)24(32-9)27(29-22)33-10;1-16(2)25-27(7,33-25)24(30)19(5)12-10-11-17(3)15-18(4)13-14-21-20(6)22(29)23(31-8)26(28-21)32-9;1-15(10-11-21-19(5)22(28)23(30-8)25(27-21)31-9)12-16(2)13-17(3)14-18(4)24(29)26(7)20(6)32-26;1-15(12-13-20-18(4)21(27)22(29-7)24(26-20)30-8)10-9-11-16(2)14-17(3)23(28)25(6)19(5)31-25/h11,14-16,20,25-26,31H,12-13H2,1-10H3,(H,29,30);10-13,16,19,24-25,30H,14-15H2,1-9H3,(H,28,29);10,13-14,18,20,24,29H,11-12H2,1-9H3,(H,27,28);9,11-12,14,17,19,23,28H,10,13H2,1-8H3,(H,26,27)/b17-11+,18-14+,19-15+;12-10+,17-11+,18-13+;15-10+,16-13+,17-14+;11-9+,15-12+,16-14+. The van der Waals surface area contributed by atoms with Crippen LogP contribution in [0.25, 0.3) is 0 Å². The molecule has 0 aromatic carbocycles. The Bertz CT molecular complexity index is 5150. The highest BCUT2D eigenvalue weighted by atomic mass is 16.6. The molecule has 4 saturated heterocycles. The largest absolute Gasteiger partial charge is 0.488 e. The molecule has 130 heavy (non-hydrogen) atoms. The molecule has 4 aliphatic heterocycles. The Labute approximate surface area is 775 Å². The van der Waals surface area contributed by atoms with Gasteiger partial charge in [-0.1, -0.05) is 196 Å². The number of ether oxygens (including phenoxy) is 12. The molecule has 0 spiro atoms.